The van der Waals surface area contributed by atoms with Crippen molar-refractivity contribution in [3.8, 4) is 11.5 Å². The zero-order chi connectivity index (χ0) is 20.8. The van der Waals surface area contributed by atoms with E-state index >= 15 is 0 Å². The Hall–Kier alpha value is -3.29. The first-order valence-corrected chi connectivity index (χ1v) is 8.63. The molecule has 2 rings (SSSR count). The maximum atomic E-state index is 12.7. The quantitative estimate of drug-likeness (QED) is 0.547. The minimum Gasteiger partial charge on any atom is -0.493 e. The molecular formula is C20H23NO7. The zero-order valence-electron chi connectivity index (χ0n) is 16.5. The lowest BCUT2D eigenvalue weighted by atomic mass is 10.1. The number of aromatic amines is 1. The summed E-state index contributed by atoms with van der Waals surface area (Å²) in [7, 11) is 2.85. The first kappa shape index (κ1) is 21.0. The molecule has 1 heterocycles. The monoisotopic (exact) mass is 389 g/mol. The number of nitrogens with one attached hydrogen (secondary N) is 1. The summed E-state index contributed by atoms with van der Waals surface area (Å²) in [6.45, 7) is 4.65. The van der Waals surface area contributed by atoms with E-state index in [1.165, 1.54) is 20.3 Å². The largest absolute Gasteiger partial charge is 0.493 e. The Balaban J connectivity index is 2.22. The highest BCUT2D eigenvalue weighted by atomic mass is 16.5. The number of ketones is 1. The van der Waals surface area contributed by atoms with Gasteiger partial charge in [0.25, 0.3) is 0 Å². The fraction of sp³-hybridized carbons (Fsp3) is 0.350. The highest BCUT2D eigenvalue weighted by Crippen LogP contribution is 2.31. The minimum atomic E-state index is -0.744. The summed E-state index contributed by atoms with van der Waals surface area (Å²) in [5, 5.41) is 0. The van der Waals surface area contributed by atoms with E-state index in [0.717, 1.165) is 0 Å². The summed E-state index contributed by atoms with van der Waals surface area (Å²) in [4.78, 5) is 40.2. The Labute approximate surface area is 162 Å². The normalized spacial score (nSPS) is 10.3. The Morgan fingerprint density at radius 2 is 1.61 bits per heavy atom. The molecule has 0 spiro atoms. The van der Waals surface area contributed by atoms with Crippen LogP contribution in [0.5, 0.6) is 11.5 Å². The van der Waals surface area contributed by atoms with Gasteiger partial charge in [-0.15, -0.1) is 0 Å². The van der Waals surface area contributed by atoms with Crippen molar-refractivity contribution in [2.45, 2.75) is 20.8 Å². The molecule has 0 aliphatic rings. The number of ether oxygens (including phenoxy) is 4. The van der Waals surface area contributed by atoms with E-state index < -0.39 is 24.3 Å². The van der Waals surface area contributed by atoms with Gasteiger partial charge in [0.15, 0.2) is 18.1 Å². The van der Waals surface area contributed by atoms with Gasteiger partial charge in [0, 0.05) is 11.4 Å². The Kier molecular flexibility index (Phi) is 6.81. The van der Waals surface area contributed by atoms with Gasteiger partial charge in [-0.25, -0.2) is 9.59 Å². The van der Waals surface area contributed by atoms with Gasteiger partial charge in [-0.1, -0.05) is 6.07 Å². The van der Waals surface area contributed by atoms with E-state index in [1.54, 1.807) is 32.9 Å². The molecule has 150 valence electrons. The molecule has 0 bridgehead atoms. The van der Waals surface area contributed by atoms with Crippen LogP contribution in [0.3, 0.4) is 0 Å². The third kappa shape index (κ3) is 4.16. The molecule has 0 aliphatic carbocycles. The highest BCUT2D eigenvalue weighted by molar-refractivity contribution is 6.09. The number of rotatable bonds is 8. The molecule has 1 aromatic heterocycles. The topological polar surface area (TPSA) is 104 Å². The van der Waals surface area contributed by atoms with Gasteiger partial charge >= 0.3 is 11.9 Å². The highest BCUT2D eigenvalue weighted by Gasteiger charge is 2.26. The molecule has 28 heavy (non-hydrogen) atoms. The fourth-order valence-corrected chi connectivity index (χ4v) is 2.92. The molecule has 0 fully saturated rings. The van der Waals surface area contributed by atoms with Gasteiger partial charge in [-0.2, -0.15) is 0 Å². The molecule has 0 atom stereocenters. The van der Waals surface area contributed by atoms with Crippen LogP contribution in [0.4, 0.5) is 0 Å². The van der Waals surface area contributed by atoms with Crippen molar-refractivity contribution in [3.63, 3.8) is 0 Å². The van der Waals surface area contributed by atoms with E-state index in [2.05, 4.69) is 4.98 Å². The second-order valence-electron chi connectivity index (χ2n) is 5.89. The Morgan fingerprint density at radius 3 is 2.21 bits per heavy atom. The lowest BCUT2D eigenvalue weighted by Crippen LogP contribution is -2.18. The van der Waals surface area contributed by atoms with Crippen LogP contribution in [0.15, 0.2) is 18.2 Å². The van der Waals surface area contributed by atoms with E-state index in [9.17, 15) is 14.4 Å². The van der Waals surface area contributed by atoms with Crippen LogP contribution >= 0.6 is 0 Å². The molecule has 2 aromatic rings. The van der Waals surface area contributed by atoms with Crippen LogP contribution < -0.4 is 9.47 Å². The van der Waals surface area contributed by atoms with Gasteiger partial charge in [-0.3, -0.25) is 4.79 Å². The molecule has 0 radical (unpaired) electrons. The standard InChI is InChI=1S/C20H23NO7/c1-6-27-20(24)17-12(3)21-11(2)16(17)14(22)10-28-19(23)13-8-7-9-15(25-4)18(13)26-5/h7-9,21H,6,10H2,1-5H3. The molecule has 1 aromatic carbocycles. The molecule has 0 amide bonds. The van der Waals surface area contributed by atoms with Crippen molar-refractivity contribution in [1.82, 2.24) is 4.98 Å². The number of hydrogen-bond acceptors (Lipinski definition) is 7. The summed E-state index contributed by atoms with van der Waals surface area (Å²) in [6.07, 6.45) is 0. The van der Waals surface area contributed by atoms with Gasteiger partial charge in [-0.05, 0) is 32.9 Å². The van der Waals surface area contributed by atoms with Crippen molar-refractivity contribution < 1.29 is 33.3 Å². The number of aryl methyl sites for hydroxylation is 2. The second kappa shape index (κ2) is 9.07. The van der Waals surface area contributed by atoms with Crippen molar-refractivity contribution >= 4 is 17.7 Å². The molecular weight excluding hydrogens is 366 g/mol. The van der Waals surface area contributed by atoms with Gasteiger partial charge in [0.2, 0.25) is 5.78 Å². The summed E-state index contributed by atoms with van der Waals surface area (Å²) in [5.74, 6) is -1.28. The van der Waals surface area contributed by atoms with E-state index in [1.807, 2.05) is 0 Å². The number of Topliss-reactive ketones (excluding diaryl/α,β-unsaturated/α-hetero) is 1. The summed E-state index contributed by atoms with van der Waals surface area (Å²) < 4.78 is 20.5. The van der Waals surface area contributed by atoms with Crippen molar-refractivity contribution in [2.75, 3.05) is 27.4 Å². The van der Waals surface area contributed by atoms with E-state index in [4.69, 9.17) is 18.9 Å². The van der Waals surface area contributed by atoms with Crippen LogP contribution in [-0.2, 0) is 9.47 Å². The first-order chi connectivity index (χ1) is 13.3. The van der Waals surface area contributed by atoms with E-state index in [-0.39, 0.29) is 29.0 Å². The molecule has 8 heteroatoms. The fourth-order valence-electron chi connectivity index (χ4n) is 2.92. The zero-order valence-corrected chi connectivity index (χ0v) is 16.5. The maximum Gasteiger partial charge on any atom is 0.342 e. The number of hydrogen-bond donors (Lipinski definition) is 1. The Morgan fingerprint density at radius 1 is 0.929 bits per heavy atom. The predicted octanol–water partition coefficient (Wildman–Crippen LogP) is 2.87. The number of esters is 2. The van der Waals surface area contributed by atoms with Crippen molar-refractivity contribution in [2.24, 2.45) is 0 Å². The second-order valence-corrected chi connectivity index (χ2v) is 5.89. The van der Waals surface area contributed by atoms with Crippen LogP contribution in [0, 0.1) is 13.8 Å². The number of para-hydroxylation sites is 1. The number of carbonyl (C=O) groups excluding carboxylic acids is 3. The average Bonchev–Trinajstić information content (AvgIpc) is 2.99. The van der Waals surface area contributed by atoms with Crippen LogP contribution in [-0.4, -0.2) is 50.1 Å². The number of aromatic nitrogens is 1. The van der Waals surface area contributed by atoms with Gasteiger partial charge < -0.3 is 23.9 Å². The molecule has 8 nitrogen and oxygen atoms in total. The average molecular weight is 389 g/mol. The van der Waals surface area contributed by atoms with Crippen LogP contribution in [0.1, 0.15) is 49.4 Å². The molecule has 0 saturated heterocycles. The molecule has 0 aliphatic heterocycles. The van der Waals surface area contributed by atoms with E-state index in [0.29, 0.717) is 17.1 Å². The SMILES string of the molecule is CCOC(=O)c1c(C)[nH]c(C)c1C(=O)COC(=O)c1cccc(OC)c1OC. The third-order valence-electron chi connectivity index (χ3n) is 4.09. The number of benzene rings is 1. The smallest absolute Gasteiger partial charge is 0.342 e. The number of H-pyrrole nitrogens is 1. The lowest BCUT2D eigenvalue weighted by Gasteiger charge is -2.12. The predicted molar refractivity (Wildman–Crippen MR) is 100 cm³/mol. The molecule has 0 saturated carbocycles. The van der Waals surface area contributed by atoms with Crippen LogP contribution in [0.2, 0.25) is 0 Å². The number of carbonyl (C=O) groups is 3. The summed E-state index contributed by atoms with van der Waals surface area (Å²) >= 11 is 0. The third-order valence-corrected chi connectivity index (χ3v) is 4.09. The van der Waals surface area contributed by atoms with Gasteiger partial charge in [0.05, 0.1) is 32.0 Å². The lowest BCUT2D eigenvalue weighted by molar-refractivity contribution is 0.0468. The van der Waals surface area contributed by atoms with Gasteiger partial charge in [0.1, 0.15) is 5.56 Å². The summed E-state index contributed by atoms with van der Waals surface area (Å²) in [5.41, 5.74) is 1.45. The minimum absolute atomic E-state index is 0.127. The van der Waals surface area contributed by atoms with Crippen LogP contribution in [0.25, 0.3) is 0 Å². The Bertz CT molecular complexity index is 898. The van der Waals surface area contributed by atoms with Crippen molar-refractivity contribution in [1.29, 1.82) is 0 Å². The summed E-state index contributed by atoms with van der Waals surface area (Å²) in [6, 6.07) is 4.75. The molecule has 0 unspecified atom stereocenters. The van der Waals surface area contributed by atoms with Crippen molar-refractivity contribution in [3.05, 3.63) is 46.3 Å². The molecule has 1 N–H and O–H groups in total. The first-order valence-electron chi connectivity index (χ1n) is 8.63. The number of methoxy groups -OCH3 is 2. The maximum absolute atomic E-state index is 12.7.